The molecule has 0 heterocycles. The van der Waals surface area contributed by atoms with E-state index in [1.807, 2.05) is 37.3 Å². The van der Waals surface area contributed by atoms with Gasteiger partial charge in [-0.15, -0.1) is 11.8 Å². The molecule has 3 nitrogen and oxygen atoms in total. The first-order valence-electron chi connectivity index (χ1n) is 8.05. The quantitative estimate of drug-likeness (QED) is 0.726. The second-order valence-corrected chi connectivity index (χ2v) is 7.04. The van der Waals surface area contributed by atoms with Gasteiger partial charge in [0.2, 0.25) is 5.91 Å². The maximum atomic E-state index is 12.2. The number of benzene rings is 2. The van der Waals surface area contributed by atoms with E-state index in [9.17, 15) is 18.0 Å². The summed E-state index contributed by atoms with van der Waals surface area (Å²) < 4.78 is 41.3. The first-order valence-corrected chi connectivity index (χ1v) is 9.10. The standard InChI is InChI=1S/C19H20F3NO2S/c1-14(26-12-15-6-3-2-4-7-15)18(24)23-11-16-8-5-9-17(10-16)25-13-19(20,21)22/h2-10,14H,11-13H2,1H3,(H,23,24). The Morgan fingerprint density at radius 3 is 2.50 bits per heavy atom. The van der Waals surface area contributed by atoms with E-state index in [2.05, 4.69) is 5.32 Å². The third-order valence-electron chi connectivity index (χ3n) is 3.48. The Bertz CT molecular complexity index is 707. The van der Waals surface area contributed by atoms with E-state index in [-0.39, 0.29) is 23.5 Å². The van der Waals surface area contributed by atoms with E-state index in [1.165, 1.54) is 23.9 Å². The average molecular weight is 383 g/mol. The zero-order chi connectivity index (χ0) is 19.0. The van der Waals surface area contributed by atoms with Crippen LogP contribution in [0.5, 0.6) is 5.75 Å². The lowest BCUT2D eigenvalue weighted by molar-refractivity contribution is -0.153. The number of rotatable bonds is 8. The Morgan fingerprint density at radius 2 is 1.81 bits per heavy atom. The van der Waals surface area contributed by atoms with Crippen molar-refractivity contribution in [2.24, 2.45) is 0 Å². The molecule has 7 heteroatoms. The van der Waals surface area contributed by atoms with Crippen LogP contribution in [0.4, 0.5) is 13.2 Å². The lowest BCUT2D eigenvalue weighted by atomic mass is 10.2. The lowest BCUT2D eigenvalue weighted by Gasteiger charge is -2.13. The summed E-state index contributed by atoms with van der Waals surface area (Å²) in [5.74, 6) is 0.740. The molecule has 2 aromatic carbocycles. The highest BCUT2D eigenvalue weighted by Gasteiger charge is 2.28. The smallest absolute Gasteiger partial charge is 0.422 e. The molecular formula is C19H20F3NO2S. The summed E-state index contributed by atoms with van der Waals surface area (Å²) in [5, 5.41) is 2.56. The minimum absolute atomic E-state index is 0.118. The Kier molecular flexibility index (Phi) is 7.38. The predicted molar refractivity (Wildman–Crippen MR) is 97.0 cm³/mol. The number of carbonyl (C=O) groups excluding carboxylic acids is 1. The molecule has 1 unspecified atom stereocenters. The Labute approximate surface area is 154 Å². The van der Waals surface area contributed by atoms with Crippen LogP contribution in [0.3, 0.4) is 0 Å². The van der Waals surface area contributed by atoms with E-state index in [0.717, 1.165) is 11.3 Å². The van der Waals surface area contributed by atoms with Crippen LogP contribution < -0.4 is 10.1 Å². The zero-order valence-electron chi connectivity index (χ0n) is 14.3. The van der Waals surface area contributed by atoms with Gasteiger partial charge in [-0.1, -0.05) is 42.5 Å². The summed E-state index contributed by atoms with van der Waals surface area (Å²) in [7, 11) is 0. The van der Waals surface area contributed by atoms with Crippen molar-refractivity contribution in [2.45, 2.75) is 30.6 Å². The van der Waals surface area contributed by atoms with Gasteiger partial charge in [0.05, 0.1) is 5.25 Å². The number of alkyl halides is 3. The monoisotopic (exact) mass is 383 g/mol. The summed E-state index contributed by atoms with van der Waals surface area (Å²) in [6.45, 7) is 0.722. The fourth-order valence-corrected chi connectivity index (χ4v) is 2.98. The molecule has 0 bridgehead atoms. The molecular weight excluding hydrogens is 363 g/mol. The minimum Gasteiger partial charge on any atom is -0.484 e. The largest absolute Gasteiger partial charge is 0.484 e. The second kappa shape index (κ2) is 9.52. The van der Waals surface area contributed by atoms with Gasteiger partial charge in [0.25, 0.3) is 0 Å². The molecule has 0 radical (unpaired) electrons. The van der Waals surface area contributed by atoms with Crippen LogP contribution in [-0.2, 0) is 17.1 Å². The van der Waals surface area contributed by atoms with Crippen molar-refractivity contribution >= 4 is 17.7 Å². The molecule has 2 rings (SSSR count). The number of amides is 1. The van der Waals surface area contributed by atoms with Crippen LogP contribution in [0.2, 0.25) is 0 Å². The molecule has 0 aliphatic carbocycles. The van der Waals surface area contributed by atoms with Crippen molar-refractivity contribution in [1.82, 2.24) is 5.32 Å². The number of hydrogen-bond acceptors (Lipinski definition) is 3. The number of ether oxygens (including phenoxy) is 1. The highest BCUT2D eigenvalue weighted by atomic mass is 32.2. The summed E-state index contributed by atoms with van der Waals surface area (Å²) in [4.78, 5) is 12.2. The fourth-order valence-electron chi connectivity index (χ4n) is 2.11. The highest BCUT2D eigenvalue weighted by molar-refractivity contribution is 7.99. The van der Waals surface area contributed by atoms with Gasteiger partial charge < -0.3 is 10.1 Å². The number of halogens is 3. The average Bonchev–Trinajstić information content (AvgIpc) is 2.63. The van der Waals surface area contributed by atoms with Gasteiger partial charge in [-0.25, -0.2) is 0 Å². The van der Waals surface area contributed by atoms with E-state index in [0.29, 0.717) is 5.56 Å². The molecule has 0 fully saturated rings. The van der Waals surface area contributed by atoms with Gasteiger partial charge in [-0.3, -0.25) is 4.79 Å². The van der Waals surface area contributed by atoms with Crippen LogP contribution in [0.25, 0.3) is 0 Å². The summed E-state index contributed by atoms with van der Waals surface area (Å²) in [6, 6.07) is 16.1. The maximum absolute atomic E-state index is 12.2. The fraction of sp³-hybridized carbons (Fsp3) is 0.316. The number of nitrogens with one attached hydrogen (secondary N) is 1. The SMILES string of the molecule is CC(SCc1ccccc1)C(=O)NCc1cccc(OCC(F)(F)F)c1. The van der Waals surface area contributed by atoms with Gasteiger partial charge in [0.1, 0.15) is 5.75 Å². The van der Waals surface area contributed by atoms with Crippen LogP contribution in [0.1, 0.15) is 18.1 Å². The molecule has 0 aliphatic heterocycles. The van der Waals surface area contributed by atoms with Crippen molar-refractivity contribution in [3.05, 3.63) is 65.7 Å². The Hall–Kier alpha value is -2.15. The van der Waals surface area contributed by atoms with E-state index in [1.54, 1.807) is 12.1 Å². The molecule has 0 aliphatic rings. The third-order valence-corrected chi connectivity index (χ3v) is 4.69. The molecule has 1 atom stereocenters. The van der Waals surface area contributed by atoms with Crippen molar-refractivity contribution in [1.29, 1.82) is 0 Å². The molecule has 0 spiro atoms. The molecule has 1 amide bonds. The van der Waals surface area contributed by atoms with Gasteiger partial charge in [0, 0.05) is 12.3 Å². The normalized spacial score (nSPS) is 12.5. The maximum Gasteiger partial charge on any atom is 0.422 e. The van der Waals surface area contributed by atoms with Gasteiger partial charge in [-0.2, -0.15) is 13.2 Å². The van der Waals surface area contributed by atoms with Gasteiger partial charge in [-0.05, 0) is 30.2 Å². The van der Waals surface area contributed by atoms with Crippen LogP contribution in [-0.4, -0.2) is 23.9 Å². The van der Waals surface area contributed by atoms with Crippen LogP contribution >= 0.6 is 11.8 Å². The number of carbonyl (C=O) groups is 1. The Balaban J connectivity index is 1.79. The third kappa shape index (κ3) is 7.39. The molecule has 0 saturated carbocycles. The van der Waals surface area contributed by atoms with Crippen molar-refractivity contribution < 1.29 is 22.7 Å². The van der Waals surface area contributed by atoms with Crippen molar-refractivity contribution in [3.63, 3.8) is 0 Å². The van der Waals surface area contributed by atoms with Crippen molar-refractivity contribution in [3.8, 4) is 5.75 Å². The number of thioether (sulfide) groups is 1. The van der Waals surface area contributed by atoms with Crippen molar-refractivity contribution in [2.75, 3.05) is 6.61 Å². The molecule has 2 aromatic rings. The molecule has 0 aromatic heterocycles. The van der Waals surface area contributed by atoms with E-state index in [4.69, 9.17) is 4.74 Å². The van der Waals surface area contributed by atoms with E-state index >= 15 is 0 Å². The first-order chi connectivity index (χ1) is 12.3. The molecule has 140 valence electrons. The first kappa shape index (κ1) is 20.2. The van der Waals surface area contributed by atoms with Crippen LogP contribution in [0.15, 0.2) is 54.6 Å². The predicted octanol–water partition coefficient (Wildman–Crippen LogP) is 4.57. The molecule has 1 N–H and O–H groups in total. The molecule has 26 heavy (non-hydrogen) atoms. The zero-order valence-corrected chi connectivity index (χ0v) is 15.1. The lowest BCUT2D eigenvalue weighted by Crippen LogP contribution is -2.30. The Morgan fingerprint density at radius 1 is 1.12 bits per heavy atom. The topological polar surface area (TPSA) is 38.3 Å². The minimum atomic E-state index is -4.38. The summed E-state index contributed by atoms with van der Waals surface area (Å²) in [5.41, 5.74) is 1.82. The van der Waals surface area contributed by atoms with Crippen LogP contribution in [0, 0.1) is 0 Å². The van der Waals surface area contributed by atoms with E-state index < -0.39 is 12.8 Å². The van der Waals surface area contributed by atoms with Gasteiger partial charge in [0.15, 0.2) is 6.61 Å². The summed E-state index contributed by atoms with van der Waals surface area (Å²) in [6.07, 6.45) is -4.38. The molecule has 0 saturated heterocycles. The van der Waals surface area contributed by atoms with Gasteiger partial charge >= 0.3 is 6.18 Å². The highest BCUT2D eigenvalue weighted by Crippen LogP contribution is 2.20. The second-order valence-electron chi connectivity index (χ2n) is 5.71. The summed E-state index contributed by atoms with van der Waals surface area (Å²) >= 11 is 1.53. The number of hydrogen-bond donors (Lipinski definition) is 1.